The van der Waals surface area contributed by atoms with E-state index in [0.717, 1.165) is 24.2 Å². The number of thioether (sulfide) groups is 1. The van der Waals surface area contributed by atoms with Crippen molar-refractivity contribution in [2.75, 3.05) is 24.3 Å². The summed E-state index contributed by atoms with van der Waals surface area (Å²) in [5.41, 5.74) is 1.94. The highest BCUT2D eigenvalue weighted by Crippen LogP contribution is 2.47. The van der Waals surface area contributed by atoms with Crippen molar-refractivity contribution in [3.63, 3.8) is 0 Å². The molecule has 3 fully saturated rings. The molecule has 2 aromatic heterocycles. The molecular formula is C27H36F2N6O4S. The van der Waals surface area contributed by atoms with Crippen LogP contribution in [-0.2, 0) is 14.2 Å². The number of allylic oxidation sites excluding steroid dienone is 3. The van der Waals surface area contributed by atoms with Crippen molar-refractivity contribution in [1.82, 2.24) is 25.0 Å². The van der Waals surface area contributed by atoms with E-state index in [1.807, 2.05) is 19.9 Å². The molecule has 8 unspecified atom stereocenters. The van der Waals surface area contributed by atoms with Gasteiger partial charge in [0.15, 0.2) is 34.1 Å². The molecule has 0 spiro atoms. The molecule has 0 amide bonds. The van der Waals surface area contributed by atoms with Gasteiger partial charge in [-0.05, 0) is 38.3 Å². The number of hydrogen-bond donors (Lipinski definition) is 2. The van der Waals surface area contributed by atoms with Crippen LogP contribution in [-0.4, -0.2) is 85.3 Å². The van der Waals surface area contributed by atoms with E-state index in [2.05, 4.69) is 22.6 Å². The van der Waals surface area contributed by atoms with Gasteiger partial charge in [-0.1, -0.05) is 36.9 Å². The number of rotatable bonds is 10. The van der Waals surface area contributed by atoms with E-state index in [0.29, 0.717) is 28.6 Å². The molecule has 3 aliphatic carbocycles. The quantitative estimate of drug-likeness (QED) is 0.315. The van der Waals surface area contributed by atoms with Crippen molar-refractivity contribution >= 4 is 28.7 Å². The van der Waals surface area contributed by atoms with Gasteiger partial charge in [0.1, 0.15) is 18.0 Å². The third-order valence-electron chi connectivity index (χ3n) is 7.88. The van der Waals surface area contributed by atoms with Gasteiger partial charge in [0, 0.05) is 30.1 Å². The highest BCUT2D eigenvalue weighted by atomic mass is 32.2. The molecule has 2 aromatic rings. The number of nitrogens with zero attached hydrogens (tertiary/aromatic N) is 5. The largest absolute Gasteiger partial charge is 0.394 e. The summed E-state index contributed by atoms with van der Waals surface area (Å²) in [7, 11) is 0. The van der Waals surface area contributed by atoms with Crippen LogP contribution in [0.5, 0.6) is 0 Å². The fourth-order valence-corrected chi connectivity index (χ4v) is 6.66. The van der Waals surface area contributed by atoms with E-state index in [1.165, 1.54) is 6.08 Å². The van der Waals surface area contributed by atoms with Gasteiger partial charge in [0.2, 0.25) is 0 Å². The van der Waals surface area contributed by atoms with Crippen molar-refractivity contribution in [1.29, 1.82) is 0 Å². The molecule has 10 nitrogen and oxygen atoms in total. The van der Waals surface area contributed by atoms with Crippen molar-refractivity contribution < 1.29 is 28.1 Å². The Morgan fingerprint density at radius 2 is 2.05 bits per heavy atom. The highest BCUT2D eigenvalue weighted by Gasteiger charge is 2.56. The second-order valence-electron chi connectivity index (χ2n) is 11.5. The normalized spacial score (nSPS) is 34.6. The minimum absolute atomic E-state index is 0.0189. The van der Waals surface area contributed by atoms with E-state index in [-0.39, 0.29) is 49.5 Å². The molecular weight excluding hydrogens is 542 g/mol. The monoisotopic (exact) mass is 578 g/mol. The standard InChI is InChI=1S/C27H36F2N6O4S/c1-5-8-40-26-31-24(30-17-11-15(17)14-9-13(2)20(29)16(28)10-14)21-25(32-26)35(34-33-21)18-12-19(37-7-6-36)23-22(18)38-27(3,4)39-23/h9-10,13,15,17-20,22-23,36H,5-8,11-12H2,1-4H3,(H,30,31,32). The van der Waals surface area contributed by atoms with E-state index < -0.39 is 23.7 Å². The third kappa shape index (κ3) is 5.26. The Kier molecular flexibility index (Phi) is 7.62. The molecule has 40 heavy (non-hydrogen) atoms. The summed E-state index contributed by atoms with van der Waals surface area (Å²) in [4.78, 5) is 9.61. The van der Waals surface area contributed by atoms with Gasteiger partial charge in [-0.2, -0.15) is 0 Å². The zero-order valence-corrected chi connectivity index (χ0v) is 23.9. The van der Waals surface area contributed by atoms with Crippen LogP contribution in [0.2, 0.25) is 0 Å². The maximum Gasteiger partial charge on any atom is 0.191 e. The number of nitrogens with one attached hydrogen (secondary N) is 1. The van der Waals surface area contributed by atoms with Gasteiger partial charge >= 0.3 is 0 Å². The van der Waals surface area contributed by atoms with Gasteiger partial charge in [0.05, 0.1) is 25.4 Å². The SMILES string of the molecule is CCCSc1nc(NC2CC2C2=CC(C)C(F)C(F)=C2)c2nnn(C3CC(OCCO)C4OC(C)(C)OC43)c2n1. The Morgan fingerprint density at radius 3 is 2.80 bits per heavy atom. The van der Waals surface area contributed by atoms with Crippen molar-refractivity contribution in [2.45, 2.75) is 94.5 Å². The zero-order chi connectivity index (χ0) is 28.2. The lowest BCUT2D eigenvalue weighted by molar-refractivity contribution is -0.171. The summed E-state index contributed by atoms with van der Waals surface area (Å²) in [6.07, 6.45) is 3.00. The van der Waals surface area contributed by atoms with E-state index in [9.17, 15) is 13.9 Å². The number of aliphatic hydroxyl groups excluding tert-OH is 1. The maximum atomic E-state index is 14.1. The highest BCUT2D eigenvalue weighted by molar-refractivity contribution is 7.99. The van der Waals surface area contributed by atoms with E-state index in [4.69, 9.17) is 24.2 Å². The summed E-state index contributed by atoms with van der Waals surface area (Å²) in [6, 6.07) is -0.220. The molecule has 6 rings (SSSR count). The van der Waals surface area contributed by atoms with Crippen LogP contribution in [0, 0.1) is 11.8 Å². The number of fused-ring (bicyclic) bond motifs is 2. The van der Waals surface area contributed by atoms with E-state index in [1.54, 1.807) is 23.4 Å². The van der Waals surface area contributed by atoms with Crippen LogP contribution in [0.1, 0.15) is 53.0 Å². The summed E-state index contributed by atoms with van der Waals surface area (Å²) in [5, 5.41) is 22.4. The fraction of sp³-hybridized carbons (Fsp3) is 0.704. The number of ether oxygens (including phenoxy) is 3. The first-order valence-electron chi connectivity index (χ1n) is 14.0. The van der Waals surface area contributed by atoms with Crippen LogP contribution in [0.3, 0.4) is 0 Å². The van der Waals surface area contributed by atoms with Crippen molar-refractivity contribution in [3.05, 3.63) is 23.6 Å². The lowest BCUT2D eigenvalue weighted by atomic mass is 9.93. The van der Waals surface area contributed by atoms with E-state index >= 15 is 0 Å². The summed E-state index contributed by atoms with van der Waals surface area (Å²) < 4.78 is 48.3. The average molecular weight is 579 g/mol. The number of anilines is 1. The molecule has 1 saturated heterocycles. The molecule has 1 aliphatic heterocycles. The maximum absolute atomic E-state index is 14.1. The van der Waals surface area contributed by atoms with Crippen LogP contribution < -0.4 is 5.32 Å². The lowest BCUT2D eigenvalue weighted by Gasteiger charge is -2.23. The van der Waals surface area contributed by atoms with Crippen LogP contribution >= 0.6 is 11.8 Å². The number of halogens is 2. The Balaban J connectivity index is 1.30. The molecule has 3 heterocycles. The minimum Gasteiger partial charge on any atom is -0.394 e. The fourth-order valence-electron chi connectivity index (χ4n) is 5.96. The first-order chi connectivity index (χ1) is 19.2. The number of hydrogen-bond acceptors (Lipinski definition) is 10. The molecule has 218 valence electrons. The number of alkyl halides is 1. The van der Waals surface area contributed by atoms with Crippen molar-refractivity contribution in [2.24, 2.45) is 11.8 Å². The second kappa shape index (κ2) is 10.9. The molecule has 2 N–H and O–H groups in total. The molecule has 0 aromatic carbocycles. The number of aliphatic hydroxyl groups is 1. The first kappa shape index (κ1) is 28.0. The van der Waals surface area contributed by atoms with Gasteiger partial charge in [-0.3, -0.25) is 0 Å². The molecule has 2 saturated carbocycles. The molecule has 0 radical (unpaired) electrons. The van der Waals surface area contributed by atoms with Gasteiger partial charge in [-0.25, -0.2) is 23.4 Å². The predicted molar refractivity (Wildman–Crippen MR) is 145 cm³/mol. The summed E-state index contributed by atoms with van der Waals surface area (Å²) in [6.45, 7) is 7.67. The molecule has 8 atom stereocenters. The lowest BCUT2D eigenvalue weighted by Crippen LogP contribution is -2.31. The van der Waals surface area contributed by atoms with Crippen LogP contribution in [0.4, 0.5) is 14.6 Å². The smallest absolute Gasteiger partial charge is 0.191 e. The van der Waals surface area contributed by atoms with Gasteiger partial charge in [-0.15, -0.1) is 5.10 Å². The topological polar surface area (TPSA) is 116 Å². The Morgan fingerprint density at radius 1 is 1.25 bits per heavy atom. The van der Waals surface area contributed by atoms with Crippen molar-refractivity contribution in [3.8, 4) is 0 Å². The first-order valence-corrected chi connectivity index (χ1v) is 15.0. The predicted octanol–water partition coefficient (Wildman–Crippen LogP) is 4.13. The second-order valence-corrected chi connectivity index (χ2v) is 12.5. The Bertz CT molecular complexity index is 1320. The van der Waals surface area contributed by atoms with Gasteiger partial charge < -0.3 is 24.6 Å². The Labute approximate surface area is 235 Å². The van der Waals surface area contributed by atoms with Crippen LogP contribution in [0.25, 0.3) is 11.2 Å². The minimum atomic E-state index is -1.58. The molecule has 0 bridgehead atoms. The van der Waals surface area contributed by atoms with Crippen LogP contribution in [0.15, 0.2) is 28.7 Å². The molecule has 13 heteroatoms. The zero-order valence-electron chi connectivity index (χ0n) is 23.1. The number of aromatic nitrogens is 5. The summed E-state index contributed by atoms with van der Waals surface area (Å²) >= 11 is 1.56. The third-order valence-corrected chi connectivity index (χ3v) is 8.94. The average Bonchev–Trinajstić information content (AvgIpc) is 3.25. The molecule has 4 aliphatic rings. The van der Waals surface area contributed by atoms with Gasteiger partial charge in [0.25, 0.3) is 0 Å². The summed E-state index contributed by atoms with van der Waals surface area (Å²) in [5.74, 6) is -0.481. The Hall–Kier alpha value is -2.19.